The first-order chi connectivity index (χ1) is 17.4. The largest absolute Gasteiger partial charge is 0.459 e. The Hall–Kier alpha value is -4.17. The summed E-state index contributed by atoms with van der Waals surface area (Å²) in [7, 11) is 0. The first-order valence-corrected chi connectivity index (χ1v) is 11.6. The van der Waals surface area contributed by atoms with E-state index in [-0.39, 0.29) is 19.6 Å². The van der Waals surface area contributed by atoms with Gasteiger partial charge in [-0.2, -0.15) is 0 Å². The van der Waals surface area contributed by atoms with Crippen LogP contribution >= 0.6 is 0 Å². The number of benzene rings is 3. The van der Waals surface area contributed by atoms with E-state index in [0.717, 1.165) is 16.7 Å². The van der Waals surface area contributed by atoms with Crippen molar-refractivity contribution in [2.45, 2.75) is 44.7 Å². The average Bonchev–Trinajstić information content (AvgIpc) is 2.91. The number of esters is 1. The van der Waals surface area contributed by atoms with Gasteiger partial charge in [0.15, 0.2) is 6.10 Å². The lowest BCUT2D eigenvalue weighted by Gasteiger charge is -2.24. The third kappa shape index (κ3) is 8.56. The number of hydrogen-bond donors (Lipinski definition) is 3. The number of rotatable bonds is 11. The second kappa shape index (κ2) is 13.7. The quantitative estimate of drug-likeness (QED) is 0.356. The van der Waals surface area contributed by atoms with Crippen LogP contribution in [-0.2, 0) is 38.7 Å². The van der Waals surface area contributed by atoms with Crippen LogP contribution in [0, 0.1) is 0 Å². The fourth-order valence-corrected chi connectivity index (χ4v) is 3.42. The van der Waals surface area contributed by atoms with E-state index >= 15 is 0 Å². The van der Waals surface area contributed by atoms with Gasteiger partial charge in [0.05, 0.1) is 6.04 Å². The zero-order valence-electron chi connectivity index (χ0n) is 20.0. The van der Waals surface area contributed by atoms with Crippen LogP contribution in [0.3, 0.4) is 0 Å². The van der Waals surface area contributed by atoms with Crippen LogP contribution in [0.1, 0.15) is 23.6 Å². The van der Waals surface area contributed by atoms with E-state index in [2.05, 4.69) is 10.6 Å². The lowest BCUT2D eigenvalue weighted by molar-refractivity contribution is -0.149. The van der Waals surface area contributed by atoms with Crippen molar-refractivity contribution in [3.8, 4) is 0 Å². The van der Waals surface area contributed by atoms with E-state index in [1.54, 1.807) is 0 Å². The molecule has 0 radical (unpaired) electrons. The van der Waals surface area contributed by atoms with Crippen molar-refractivity contribution in [3.63, 3.8) is 0 Å². The molecule has 0 saturated carbocycles. The summed E-state index contributed by atoms with van der Waals surface area (Å²) in [6, 6.07) is 25.4. The molecule has 1 unspecified atom stereocenters. The summed E-state index contributed by atoms with van der Waals surface area (Å²) in [5, 5.41) is 15.8. The Kier molecular flexibility index (Phi) is 10.0. The minimum absolute atomic E-state index is 0.0390. The van der Waals surface area contributed by atoms with Gasteiger partial charge in [-0.3, -0.25) is 4.79 Å². The van der Waals surface area contributed by atoms with Crippen molar-refractivity contribution in [2.75, 3.05) is 0 Å². The monoisotopic (exact) mass is 490 g/mol. The summed E-state index contributed by atoms with van der Waals surface area (Å²) in [5.41, 5.74) is 2.41. The second-order valence-electron chi connectivity index (χ2n) is 8.27. The molecule has 8 nitrogen and oxygen atoms in total. The molecule has 0 fully saturated rings. The number of nitrogens with one attached hydrogen (secondary N) is 2. The van der Waals surface area contributed by atoms with Crippen molar-refractivity contribution in [1.82, 2.24) is 10.6 Å². The van der Waals surface area contributed by atoms with E-state index in [1.807, 2.05) is 91.0 Å². The highest BCUT2D eigenvalue weighted by Gasteiger charge is 2.30. The molecule has 3 atom stereocenters. The summed E-state index contributed by atoms with van der Waals surface area (Å²) < 4.78 is 10.5. The Morgan fingerprint density at radius 3 is 1.72 bits per heavy atom. The van der Waals surface area contributed by atoms with Crippen LogP contribution in [0.5, 0.6) is 0 Å². The summed E-state index contributed by atoms with van der Waals surface area (Å²) in [6.45, 7) is 1.57. The van der Waals surface area contributed by atoms with Gasteiger partial charge in [-0.15, -0.1) is 0 Å². The lowest BCUT2D eigenvalue weighted by atomic mass is 10.0. The molecule has 0 spiro atoms. The van der Waals surface area contributed by atoms with Crippen molar-refractivity contribution < 1.29 is 29.0 Å². The minimum Gasteiger partial charge on any atom is -0.459 e. The molecule has 3 N–H and O–H groups in total. The van der Waals surface area contributed by atoms with Crippen molar-refractivity contribution in [3.05, 3.63) is 108 Å². The fourth-order valence-electron chi connectivity index (χ4n) is 3.42. The molecular weight excluding hydrogens is 460 g/mol. The van der Waals surface area contributed by atoms with Gasteiger partial charge in [0.2, 0.25) is 0 Å². The average molecular weight is 491 g/mol. The second-order valence-corrected chi connectivity index (χ2v) is 8.27. The first kappa shape index (κ1) is 26.4. The fraction of sp³-hybridized carbons (Fsp3) is 0.250. The predicted octanol–water partition coefficient (Wildman–Crippen LogP) is 3.13. The zero-order valence-corrected chi connectivity index (χ0v) is 20.0. The van der Waals surface area contributed by atoms with Gasteiger partial charge in [-0.25, -0.2) is 9.59 Å². The van der Waals surface area contributed by atoms with Crippen LogP contribution in [0.2, 0.25) is 0 Å². The predicted molar refractivity (Wildman–Crippen MR) is 134 cm³/mol. The molecule has 3 rings (SSSR count). The Labute approximate surface area is 210 Å². The SMILES string of the molecule is C[C@H](NC(=O)C(O)[C@H](Cc1ccccc1)NC(=O)OCc1ccccc1)C(=O)OCc1ccccc1. The van der Waals surface area contributed by atoms with Gasteiger partial charge in [0.1, 0.15) is 19.3 Å². The standard InChI is InChI=1S/C28H30N2O6/c1-20(27(33)35-18-22-13-7-3-8-14-22)29-26(32)25(31)24(17-21-11-5-2-6-12-21)30-28(34)36-19-23-15-9-4-10-16-23/h2-16,20,24-25,31H,17-19H2,1H3,(H,29,32)(H,30,34)/t20-,24-,25?/m0/s1. The molecule has 188 valence electrons. The van der Waals surface area contributed by atoms with Gasteiger partial charge in [-0.1, -0.05) is 91.0 Å². The lowest BCUT2D eigenvalue weighted by Crippen LogP contribution is -2.54. The van der Waals surface area contributed by atoms with E-state index in [9.17, 15) is 19.5 Å². The molecule has 36 heavy (non-hydrogen) atoms. The molecule has 2 amide bonds. The molecule has 0 aliphatic heterocycles. The van der Waals surface area contributed by atoms with E-state index < -0.39 is 36.2 Å². The summed E-state index contributed by atoms with van der Waals surface area (Å²) in [6.07, 6.45) is -2.25. The summed E-state index contributed by atoms with van der Waals surface area (Å²) >= 11 is 0. The van der Waals surface area contributed by atoms with Gasteiger partial charge in [-0.05, 0) is 30.0 Å². The number of ether oxygens (including phenoxy) is 2. The highest BCUT2D eigenvalue weighted by molar-refractivity contribution is 5.87. The molecule has 3 aromatic rings. The Morgan fingerprint density at radius 2 is 1.19 bits per heavy atom. The molecule has 0 saturated heterocycles. The minimum atomic E-state index is -1.64. The van der Waals surface area contributed by atoms with Gasteiger partial charge in [0.25, 0.3) is 5.91 Å². The van der Waals surface area contributed by atoms with E-state index in [0.29, 0.717) is 0 Å². The molecule has 0 aliphatic rings. The molecule has 3 aromatic carbocycles. The highest BCUT2D eigenvalue weighted by Crippen LogP contribution is 2.09. The first-order valence-electron chi connectivity index (χ1n) is 11.6. The maximum atomic E-state index is 12.8. The van der Waals surface area contributed by atoms with Gasteiger partial charge in [0, 0.05) is 0 Å². The molecule has 8 heteroatoms. The summed E-state index contributed by atoms with van der Waals surface area (Å²) in [4.78, 5) is 37.5. The van der Waals surface area contributed by atoms with Crippen LogP contribution in [0.15, 0.2) is 91.0 Å². The number of carbonyl (C=O) groups excluding carboxylic acids is 3. The third-order valence-corrected chi connectivity index (χ3v) is 5.40. The topological polar surface area (TPSA) is 114 Å². The highest BCUT2D eigenvalue weighted by atomic mass is 16.5. The van der Waals surface area contributed by atoms with Crippen molar-refractivity contribution in [1.29, 1.82) is 0 Å². The summed E-state index contributed by atoms with van der Waals surface area (Å²) in [5.74, 6) is -1.46. The Bertz CT molecular complexity index is 1110. The zero-order chi connectivity index (χ0) is 25.8. The Morgan fingerprint density at radius 1 is 0.722 bits per heavy atom. The Balaban J connectivity index is 1.58. The normalized spacial score (nSPS) is 13.1. The molecule has 0 aliphatic carbocycles. The maximum Gasteiger partial charge on any atom is 0.407 e. The smallest absolute Gasteiger partial charge is 0.407 e. The van der Waals surface area contributed by atoms with Crippen molar-refractivity contribution >= 4 is 18.0 Å². The van der Waals surface area contributed by atoms with E-state index in [4.69, 9.17) is 9.47 Å². The number of amides is 2. The number of aliphatic hydroxyl groups excluding tert-OH is 1. The maximum absolute atomic E-state index is 12.8. The number of hydrogen-bond acceptors (Lipinski definition) is 6. The molecule has 0 bridgehead atoms. The van der Waals surface area contributed by atoms with Crippen LogP contribution in [0.4, 0.5) is 4.79 Å². The number of alkyl carbamates (subject to hydrolysis) is 1. The van der Waals surface area contributed by atoms with Gasteiger partial charge < -0.3 is 25.2 Å². The van der Waals surface area contributed by atoms with Crippen LogP contribution in [-0.4, -0.2) is 41.3 Å². The molecule has 0 heterocycles. The molecule has 0 aromatic heterocycles. The third-order valence-electron chi connectivity index (χ3n) is 5.40. The van der Waals surface area contributed by atoms with Crippen molar-refractivity contribution in [2.24, 2.45) is 0 Å². The number of carbonyl (C=O) groups is 3. The van der Waals surface area contributed by atoms with Crippen LogP contribution < -0.4 is 10.6 Å². The molecular formula is C28H30N2O6. The number of aliphatic hydroxyl groups is 1. The van der Waals surface area contributed by atoms with E-state index in [1.165, 1.54) is 6.92 Å². The van der Waals surface area contributed by atoms with Crippen LogP contribution in [0.25, 0.3) is 0 Å². The van der Waals surface area contributed by atoms with Gasteiger partial charge >= 0.3 is 12.1 Å².